The molecule has 1 aromatic heterocycles. The number of nitrogens with zero attached hydrogens (tertiary/aromatic N) is 2. The van der Waals surface area contributed by atoms with Gasteiger partial charge in [-0.3, -0.25) is 9.59 Å². The SMILES string of the molecule is COc1ccc(C(CC(=O)Nc2ccc(C)cn2)N2Cc3ccccc3C2=O)cc1OC. The fourth-order valence-electron chi connectivity index (χ4n) is 3.91. The summed E-state index contributed by atoms with van der Waals surface area (Å²) in [6.45, 7) is 2.37. The van der Waals surface area contributed by atoms with Gasteiger partial charge in [0.05, 0.1) is 26.7 Å². The van der Waals surface area contributed by atoms with Gasteiger partial charge in [0.2, 0.25) is 5.91 Å². The summed E-state index contributed by atoms with van der Waals surface area (Å²) < 4.78 is 10.8. The minimum absolute atomic E-state index is 0.0742. The van der Waals surface area contributed by atoms with Crippen LogP contribution < -0.4 is 14.8 Å². The van der Waals surface area contributed by atoms with Crippen molar-refractivity contribution in [2.24, 2.45) is 0 Å². The predicted octanol–water partition coefficient (Wildman–Crippen LogP) is 4.13. The topological polar surface area (TPSA) is 80.8 Å². The van der Waals surface area contributed by atoms with E-state index in [4.69, 9.17) is 9.47 Å². The number of pyridine rings is 1. The zero-order valence-corrected chi connectivity index (χ0v) is 18.3. The Balaban J connectivity index is 1.65. The van der Waals surface area contributed by atoms with Gasteiger partial charge in [-0.1, -0.05) is 30.3 Å². The van der Waals surface area contributed by atoms with Gasteiger partial charge in [-0.05, 0) is 47.9 Å². The molecule has 4 rings (SSSR count). The second-order valence-electron chi connectivity index (χ2n) is 7.69. The van der Waals surface area contributed by atoms with Crippen LogP contribution >= 0.6 is 0 Å². The van der Waals surface area contributed by atoms with E-state index in [9.17, 15) is 9.59 Å². The Morgan fingerprint density at radius 3 is 2.56 bits per heavy atom. The molecule has 0 radical (unpaired) electrons. The van der Waals surface area contributed by atoms with Crippen LogP contribution in [0.25, 0.3) is 0 Å². The normalized spacial score (nSPS) is 13.5. The maximum Gasteiger partial charge on any atom is 0.255 e. The van der Waals surface area contributed by atoms with E-state index in [0.29, 0.717) is 29.4 Å². The Kier molecular flexibility index (Phi) is 6.07. The number of rotatable bonds is 7. The number of fused-ring (bicyclic) bond motifs is 1. The Bertz CT molecular complexity index is 1140. The van der Waals surface area contributed by atoms with E-state index in [1.807, 2.05) is 49.4 Å². The van der Waals surface area contributed by atoms with Gasteiger partial charge in [-0.25, -0.2) is 4.98 Å². The fraction of sp³-hybridized carbons (Fsp3) is 0.240. The second-order valence-corrected chi connectivity index (χ2v) is 7.69. The third kappa shape index (κ3) is 4.27. The van der Waals surface area contributed by atoms with E-state index >= 15 is 0 Å². The Hall–Kier alpha value is -3.87. The first-order chi connectivity index (χ1) is 15.5. The summed E-state index contributed by atoms with van der Waals surface area (Å²) in [5, 5.41) is 2.84. The third-order valence-electron chi connectivity index (χ3n) is 5.58. The van der Waals surface area contributed by atoms with E-state index < -0.39 is 6.04 Å². The van der Waals surface area contributed by atoms with E-state index in [2.05, 4.69) is 10.3 Å². The van der Waals surface area contributed by atoms with Crippen LogP contribution in [0.3, 0.4) is 0 Å². The fourth-order valence-corrected chi connectivity index (χ4v) is 3.91. The molecule has 7 nitrogen and oxygen atoms in total. The van der Waals surface area contributed by atoms with Gasteiger partial charge in [0.25, 0.3) is 5.91 Å². The number of carbonyl (C=O) groups is 2. The number of hydrogen-bond donors (Lipinski definition) is 1. The first-order valence-corrected chi connectivity index (χ1v) is 10.3. The number of aromatic nitrogens is 1. The lowest BCUT2D eigenvalue weighted by atomic mass is 10.0. The maximum atomic E-state index is 13.2. The van der Waals surface area contributed by atoms with Crippen LogP contribution in [0.4, 0.5) is 5.82 Å². The van der Waals surface area contributed by atoms with Crippen molar-refractivity contribution in [3.63, 3.8) is 0 Å². The molecule has 1 atom stereocenters. The quantitative estimate of drug-likeness (QED) is 0.608. The maximum absolute atomic E-state index is 13.2. The zero-order chi connectivity index (χ0) is 22.7. The molecule has 1 aliphatic rings. The molecule has 0 fully saturated rings. The average Bonchev–Trinajstić information content (AvgIpc) is 3.15. The molecule has 1 aliphatic heterocycles. The van der Waals surface area contributed by atoms with Crippen molar-refractivity contribution in [3.8, 4) is 11.5 Å². The molecule has 0 saturated heterocycles. The van der Waals surface area contributed by atoms with Crippen molar-refractivity contribution in [1.82, 2.24) is 9.88 Å². The van der Waals surface area contributed by atoms with Crippen molar-refractivity contribution in [2.45, 2.75) is 25.9 Å². The molecule has 3 aromatic rings. The Labute approximate surface area is 187 Å². The minimum atomic E-state index is -0.486. The molecule has 2 aromatic carbocycles. The molecular formula is C25H25N3O4. The number of carbonyl (C=O) groups excluding carboxylic acids is 2. The highest BCUT2D eigenvalue weighted by molar-refractivity contribution is 5.99. The van der Waals surface area contributed by atoms with Crippen molar-refractivity contribution in [2.75, 3.05) is 19.5 Å². The number of nitrogens with one attached hydrogen (secondary N) is 1. The van der Waals surface area contributed by atoms with Gasteiger partial charge in [0.1, 0.15) is 5.82 Å². The molecule has 0 bridgehead atoms. The highest BCUT2D eigenvalue weighted by atomic mass is 16.5. The molecular weight excluding hydrogens is 406 g/mol. The van der Waals surface area contributed by atoms with Crippen molar-refractivity contribution in [3.05, 3.63) is 83.0 Å². The highest BCUT2D eigenvalue weighted by Gasteiger charge is 2.34. The van der Waals surface area contributed by atoms with Crippen LogP contribution in [-0.4, -0.2) is 35.9 Å². The number of aryl methyl sites for hydroxylation is 1. The van der Waals surface area contributed by atoms with Crippen LogP contribution in [0.5, 0.6) is 11.5 Å². The van der Waals surface area contributed by atoms with E-state index in [1.165, 1.54) is 0 Å². The standard InChI is InChI=1S/C25H25N3O4/c1-16-8-11-23(26-14-16)27-24(29)13-20(17-9-10-21(31-2)22(12-17)32-3)28-15-18-6-4-5-7-19(18)25(28)30/h4-12,14,20H,13,15H2,1-3H3,(H,26,27,29). The lowest BCUT2D eigenvalue weighted by Gasteiger charge is -2.28. The zero-order valence-electron chi connectivity index (χ0n) is 18.3. The highest BCUT2D eigenvalue weighted by Crippen LogP contribution is 2.37. The van der Waals surface area contributed by atoms with Gasteiger partial charge in [-0.2, -0.15) is 0 Å². The summed E-state index contributed by atoms with van der Waals surface area (Å²) in [7, 11) is 3.13. The van der Waals surface area contributed by atoms with Crippen LogP contribution in [0, 0.1) is 6.92 Å². The van der Waals surface area contributed by atoms with E-state index in [0.717, 1.165) is 16.7 Å². The molecule has 32 heavy (non-hydrogen) atoms. The molecule has 7 heteroatoms. The number of anilines is 1. The molecule has 164 valence electrons. The van der Waals surface area contributed by atoms with Gasteiger partial charge < -0.3 is 19.7 Å². The summed E-state index contributed by atoms with van der Waals surface area (Å²) >= 11 is 0. The van der Waals surface area contributed by atoms with Gasteiger partial charge in [-0.15, -0.1) is 0 Å². The average molecular weight is 431 g/mol. The summed E-state index contributed by atoms with van der Waals surface area (Å²) in [4.78, 5) is 32.1. The first-order valence-electron chi connectivity index (χ1n) is 10.3. The van der Waals surface area contributed by atoms with Crippen LogP contribution in [0.15, 0.2) is 60.8 Å². The summed E-state index contributed by atoms with van der Waals surface area (Å²) in [5.41, 5.74) is 3.41. The number of hydrogen-bond acceptors (Lipinski definition) is 5. The van der Waals surface area contributed by atoms with Gasteiger partial charge in [0, 0.05) is 18.3 Å². The molecule has 0 saturated carbocycles. The van der Waals surface area contributed by atoms with Gasteiger partial charge >= 0.3 is 0 Å². The van der Waals surface area contributed by atoms with Crippen LogP contribution in [-0.2, 0) is 11.3 Å². The molecule has 0 spiro atoms. The van der Waals surface area contributed by atoms with E-state index in [-0.39, 0.29) is 18.2 Å². The Morgan fingerprint density at radius 2 is 1.88 bits per heavy atom. The lowest BCUT2D eigenvalue weighted by molar-refractivity contribution is -0.117. The molecule has 2 amide bonds. The monoisotopic (exact) mass is 431 g/mol. The van der Waals surface area contributed by atoms with Crippen molar-refractivity contribution < 1.29 is 19.1 Å². The molecule has 1 unspecified atom stereocenters. The van der Waals surface area contributed by atoms with E-state index in [1.54, 1.807) is 37.4 Å². The smallest absolute Gasteiger partial charge is 0.255 e. The number of methoxy groups -OCH3 is 2. The summed E-state index contributed by atoms with van der Waals surface area (Å²) in [6, 6.07) is 16.1. The number of benzene rings is 2. The molecule has 1 N–H and O–H groups in total. The number of ether oxygens (including phenoxy) is 2. The first kappa shape index (κ1) is 21.4. The molecule has 2 heterocycles. The van der Waals surface area contributed by atoms with Crippen LogP contribution in [0.2, 0.25) is 0 Å². The summed E-state index contributed by atoms with van der Waals surface area (Å²) in [6.07, 6.45) is 1.77. The van der Waals surface area contributed by atoms with Crippen LogP contribution in [0.1, 0.15) is 39.5 Å². The van der Waals surface area contributed by atoms with Crippen molar-refractivity contribution >= 4 is 17.6 Å². The second kappa shape index (κ2) is 9.09. The minimum Gasteiger partial charge on any atom is -0.493 e. The Morgan fingerprint density at radius 1 is 1.09 bits per heavy atom. The van der Waals surface area contributed by atoms with Crippen molar-refractivity contribution in [1.29, 1.82) is 0 Å². The lowest BCUT2D eigenvalue weighted by Crippen LogP contribution is -2.32. The number of amides is 2. The molecule has 0 aliphatic carbocycles. The summed E-state index contributed by atoms with van der Waals surface area (Å²) in [5.74, 6) is 1.27. The largest absolute Gasteiger partial charge is 0.493 e. The third-order valence-corrected chi connectivity index (χ3v) is 5.58. The van der Waals surface area contributed by atoms with Gasteiger partial charge in [0.15, 0.2) is 11.5 Å². The predicted molar refractivity (Wildman–Crippen MR) is 121 cm³/mol.